The molecule has 0 spiro atoms. The van der Waals surface area contributed by atoms with Crippen LogP contribution in [0.3, 0.4) is 0 Å². The molecule has 0 aliphatic carbocycles. The van der Waals surface area contributed by atoms with Gasteiger partial charge >= 0.3 is 0 Å². The molecule has 1 aliphatic rings. The summed E-state index contributed by atoms with van der Waals surface area (Å²) >= 11 is 1.84. The highest BCUT2D eigenvalue weighted by atomic mass is 32.1. The van der Waals surface area contributed by atoms with E-state index in [0.29, 0.717) is 12.1 Å². The van der Waals surface area contributed by atoms with Crippen molar-refractivity contribution in [2.45, 2.75) is 38.8 Å². The summed E-state index contributed by atoms with van der Waals surface area (Å²) in [5.41, 5.74) is 1.22. The molecule has 3 nitrogen and oxygen atoms in total. The second-order valence-corrected chi connectivity index (χ2v) is 6.84. The maximum absolute atomic E-state index is 4.54. The molecule has 0 unspecified atom stereocenters. The Bertz CT molecular complexity index is 542. The second-order valence-electron chi connectivity index (χ2n) is 5.86. The van der Waals surface area contributed by atoms with Crippen molar-refractivity contribution in [3.8, 4) is 0 Å². The Morgan fingerprint density at radius 3 is 2.71 bits per heavy atom. The Morgan fingerprint density at radius 1 is 1.29 bits per heavy atom. The molecule has 1 atom stereocenters. The number of rotatable bonds is 4. The van der Waals surface area contributed by atoms with Crippen LogP contribution >= 0.6 is 11.3 Å². The molecule has 4 heteroatoms. The van der Waals surface area contributed by atoms with Gasteiger partial charge in [0.25, 0.3) is 0 Å². The minimum absolute atomic E-state index is 0.457. The first-order valence-electron chi connectivity index (χ1n) is 7.69. The Hall–Kier alpha value is -1.39. The fraction of sp³-hybridized carbons (Fsp3) is 0.471. The lowest BCUT2D eigenvalue weighted by molar-refractivity contribution is 0.382. The van der Waals surface area contributed by atoms with Crippen molar-refractivity contribution in [1.82, 2.24) is 10.3 Å². The average Bonchev–Trinajstić information content (AvgIpc) is 3.03. The number of anilines is 1. The van der Waals surface area contributed by atoms with Gasteiger partial charge in [-0.2, -0.15) is 0 Å². The van der Waals surface area contributed by atoms with Crippen molar-refractivity contribution in [1.29, 1.82) is 0 Å². The lowest BCUT2D eigenvalue weighted by Crippen LogP contribution is -2.43. The number of piperidine rings is 1. The Balaban J connectivity index is 1.52. The van der Waals surface area contributed by atoms with Crippen LogP contribution in [0, 0.1) is 6.92 Å². The fourth-order valence-corrected chi connectivity index (χ4v) is 3.64. The molecule has 1 aliphatic heterocycles. The highest BCUT2D eigenvalue weighted by Gasteiger charge is 2.21. The van der Waals surface area contributed by atoms with Crippen molar-refractivity contribution in [3.63, 3.8) is 0 Å². The summed E-state index contributed by atoms with van der Waals surface area (Å²) in [7, 11) is 0. The van der Waals surface area contributed by atoms with E-state index >= 15 is 0 Å². The van der Waals surface area contributed by atoms with Gasteiger partial charge in [-0.25, -0.2) is 4.98 Å². The summed E-state index contributed by atoms with van der Waals surface area (Å²) in [6.07, 6.45) is 4.33. The number of hydrogen-bond donors (Lipinski definition) is 1. The SMILES string of the molecule is Cc1ccc(N2CCC(N[C@H](C)c3cccs3)CC2)nc1. The van der Waals surface area contributed by atoms with Gasteiger partial charge in [0.2, 0.25) is 0 Å². The van der Waals surface area contributed by atoms with Crippen LogP contribution < -0.4 is 10.2 Å². The van der Waals surface area contributed by atoms with Crippen LogP contribution in [-0.2, 0) is 0 Å². The van der Waals surface area contributed by atoms with Crippen LogP contribution in [0.2, 0.25) is 0 Å². The van der Waals surface area contributed by atoms with Gasteiger partial charge in [0.1, 0.15) is 5.82 Å². The van der Waals surface area contributed by atoms with E-state index in [-0.39, 0.29) is 0 Å². The molecule has 0 radical (unpaired) electrons. The minimum atomic E-state index is 0.457. The van der Waals surface area contributed by atoms with Crippen molar-refractivity contribution in [3.05, 3.63) is 46.3 Å². The van der Waals surface area contributed by atoms with E-state index < -0.39 is 0 Å². The summed E-state index contributed by atoms with van der Waals surface area (Å²) in [5, 5.41) is 5.92. The molecule has 0 amide bonds. The molecule has 0 aromatic carbocycles. The molecule has 1 saturated heterocycles. The largest absolute Gasteiger partial charge is 0.357 e. The van der Waals surface area contributed by atoms with E-state index in [2.05, 4.69) is 58.7 Å². The predicted molar refractivity (Wildman–Crippen MR) is 90.1 cm³/mol. The normalized spacial score (nSPS) is 17.9. The summed E-state index contributed by atoms with van der Waals surface area (Å²) in [6.45, 7) is 6.52. The first kappa shape index (κ1) is 14.5. The van der Waals surface area contributed by atoms with Crippen LogP contribution in [0.25, 0.3) is 0 Å². The first-order chi connectivity index (χ1) is 10.2. The number of pyridine rings is 1. The molecule has 112 valence electrons. The number of hydrogen-bond acceptors (Lipinski definition) is 4. The Morgan fingerprint density at radius 2 is 2.10 bits per heavy atom. The van der Waals surface area contributed by atoms with E-state index in [9.17, 15) is 0 Å². The summed E-state index contributed by atoms with van der Waals surface area (Å²) in [4.78, 5) is 8.36. The third-order valence-electron chi connectivity index (χ3n) is 4.17. The van der Waals surface area contributed by atoms with Crippen molar-refractivity contribution >= 4 is 17.2 Å². The monoisotopic (exact) mass is 301 g/mol. The van der Waals surface area contributed by atoms with Gasteiger partial charge in [-0.05, 0) is 49.8 Å². The van der Waals surface area contributed by atoms with Gasteiger partial charge in [0, 0.05) is 36.2 Å². The third-order valence-corrected chi connectivity index (χ3v) is 5.23. The van der Waals surface area contributed by atoms with E-state index in [4.69, 9.17) is 0 Å². The predicted octanol–water partition coefficient (Wildman–Crippen LogP) is 3.77. The molecule has 0 saturated carbocycles. The lowest BCUT2D eigenvalue weighted by Gasteiger charge is -2.34. The average molecular weight is 301 g/mol. The molecule has 3 heterocycles. The van der Waals surface area contributed by atoms with Gasteiger partial charge in [-0.3, -0.25) is 0 Å². The van der Waals surface area contributed by atoms with Gasteiger partial charge in [0.15, 0.2) is 0 Å². The van der Waals surface area contributed by atoms with Gasteiger partial charge in [-0.15, -0.1) is 11.3 Å². The zero-order valence-electron chi connectivity index (χ0n) is 12.7. The number of aryl methyl sites for hydroxylation is 1. The maximum atomic E-state index is 4.54. The molecule has 2 aromatic rings. The molecule has 1 fully saturated rings. The van der Waals surface area contributed by atoms with Crippen LogP contribution in [0.4, 0.5) is 5.82 Å². The third kappa shape index (κ3) is 3.63. The number of thiophene rings is 1. The molecule has 21 heavy (non-hydrogen) atoms. The van der Waals surface area contributed by atoms with Crippen molar-refractivity contribution < 1.29 is 0 Å². The number of nitrogens with zero attached hydrogens (tertiary/aromatic N) is 2. The summed E-state index contributed by atoms with van der Waals surface area (Å²) in [6, 6.07) is 9.70. The topological polar surface area (TPSA) is 28.2 Å². The lowest BCUT2D eigenvalue weighted by atomic mass is 10.0. The van der Waals surface area contributed by atoms with Crippen LogP contribution in [0.1, 0.15) is 36.2 Å². The quantitative estimate of drug-likeness (QED) is 0.931. The van der Waals surface area contributed by atoms with Crippen LogP contribution in [0.15, 0.2) is 35.8 Å². The summed E-state index contributed by atoms with van der Waals surface area (Å²) < 4.78 is 0. The fourth-order valence-electron chi connectivity index (χ4n) is 2.90. The summed E-state index contributed by atoms with van der Waals surface area (Å²) in [5.74, 6) is 1.12. The molecule has 2 aromatic heterocycles. The highest BCUT2D eigenvalue weighted by Crippen LogP contribution is 2.22. The first-order valence-corrected chi connectivity index (χ1v) is 8.57. The molecule has 1 N–H and O–H groups in total. The van der Waals surface area contributed by atoms with Crippen molar-refractivity contribution in [2.24, 2.45) is 0 Å². The molecular weight excluding hydrogens is 278 g/mol. The smallest absolute Gasteiger partial charge is 0.128 e. The van der Waals surface area contributed by atoms with E-state index in [1.54, 1.807) is 0 Å². The Labute approximate surface area is 131 Å². The minimum Gasteiger partial charge on any atom is -0.357 e. The van der Waals surface area contributed by atoms with E-state index in [1.807, 2.05) is 17.5 Å². The van der Waals surface area contributed by atoms with Gasteiger partial charge < -0.3 is 10.2 Å². The van der Waals surface area contributed by atoms with Crippen molar-refractivity contribution in [2.75, 3.05) is 18.0 Å². The van der Waals surface area contributed by atoms with E-state index in [1.165, 1.54) is 23.3 Å². The van der Waals surface area contributed by atoms with Gasteiger partial charge in [-0.1, -0.05) is 12.1 Å². The number of nitrogens with one attached hydrogen (secondary N) is 1. The molecule has 0 bridgehead atoms. The molecule has 3 rings (SSSR count). The second kappa shape index (κ2) is 6.58. The van der Waals surface area contributed by atoms with Crippen LogP contribution in [0.5, 0.6) is 0 Å². The zero-order chi connectivity index (χ0) is 14.7. The van der Waals surface area contributed by atoms with E-state index in [0.717, 1.165) is 18.9 Å². The standard InChI is InChI=1S/C17H23N3S/c1-13-5-6-17(18-12-13)20-9-7-15(8-10-20)19-14(2)16-4-3-11-21-16/h3-6,11-12,14-15,19H,7-10H2,1-2H3/t14-/m1/s1. The Kier molecular flexibility index (Phi) is 4.56. The molecular formula is C17H23N3S. The number of aromatic nitrogens is 1. The zero-order valence-corrected chi connectivity index (χ0v) is 13.6. The van der Waals surface area contributed by atoms with Gasteiger partial charge in [0.05, 0.1) is 0 Å². The maximum Gasteiger partial charge on any atom is 0.128 e. The highest BCUT2D eigenvalue weighted by molar-refractivity contribution is 7.10. The van der Waals surface area contributed by atoms with Crippen LogP contribution in [-0.4, -0.2) is 24.1 Å².